The van der Waals surface area contributed by atoms with E-state index in [9.17, 15) is 9.59 Å². The molecule has 1 saturated carbocycles. The fourth-order valence-electron chi connectivity index (χ4n) is 4.75. The SMILES string of the molecule is CC(C)N(CC(=O)N1CCc2sccc2C1c1ccc(C(C)(C)C)cc1)C(=O)C1CCC1. The van der Waals surface area contributed by atoms with Gasteiger partial charge in [-0.3, -0.25) is 9.59 Å². The highest BCUT2D eigenvalue weighted by Crippen LogP contribution is 2.39. The molecule has 2 aromatic rings. The van der Waals surface area contributed by atoms with Gasteiger partial charge < -0.3 is 9.80 Å². The molecule has 1 fully saturated rings. The number of amides is 2. The Bertz CT molecular complexity index is 966. The lowest BCUT2D eigenvalue weighted by Gasteiger charge is -2.39. The van der Waals surface area contributed by atoms with Gasteiger partial charge in [-0.2, -0.15) is 0 Å². The Morgan fingerprint density at radius 1 is 1.12 bits per heavy atom. The molecule has 1 atom stereocenters. The predicted molar refractivity (Wildman–Crippen MR) is 131 cm³/mol. The zero-order chi connectivity index (χ0) is 23.0. The molecule has 0 radical (unpaired) electrons. The van der Waals surface area contributed by atoms with Crippen molar-refractivity contribution in [1.82, 2.24) is 9.80 Å². The molecule has 4 rings (SSSR count). The van der Waals surface area contributed by atoms with Crippen LogP contribution in [0.5, 0.6) is 0 Å². The van der Waals surface area contributed by atoms with Crippen LogP contribution in [0.1, 0.15) is 81.5 Å². The Kier molecular flexibility index (Phi) is 6.49. The number of nitrogens with zero attached hydrogens (tertiary/aromatic N) is 2. The first-order valence-electron chi connectivity index (χ1n) is 11.9. The maximum Gasteiger partial charge on any atom is 0.243 e. The number of carbonyl (C=O) groups excluding carboxylic acids is 2. The molecule has 0 bridgehead atoms. The predicted octanol–water partition coefficient (Wildman–Crippen LogP) is 5.56. The molecular formula is C27H36N2O2S. The van der Waals surface area contributed by atoms with Crippen LogP contribution in [0.3, 0.4) is 0 Å². The maximum atomic E-state index is 13.6. The van der Waals surface area contributed by atoms with Gasteiger partial charge in [-0.1, -0.05) is 51.5 Å². The van der Waals surface area contributed by atoms with Gasteiger partial charge in [-0.25, -0.2) is 0 Å². The molecule has 0 N–H and O–H groups in total. The van der Waals surface area contributed by atoms with Gasteiger partial charge in [0.15, 0.2) is 0 Å². The molecule has 1 aliphatic carbocycles. The van der Waals surface area contributed by atoms with Crippen LogP contribution in [0.4, 0.5) is 0 Å². The van der Waals surface area contributed by atoms with E-state index in [4.69, 9.17) is 0 Å². The topological polar surface area (TPSA) is 40.6 Å². The maximum absolute atomic E-state index is 13.6. The average Bonchev–Trinajstić information content (AvgIpc) is 3.17. The fraction of sp³-hybridized carbons (Fsp3) is 0.556. The monoisotopic (exact) mass is 452 g/mol. The highest BCUT2D eigenvalue weighted by atomic mass is 32.1. The van der Waals surface area contributed by atoms with Crippen molar-refractivity contribution in [3.8, 4) is 0 Å². The van der Waals surface area contributed by atoms with Gasteiger partial charge in [-0.15, -0.1) is 11.3 Å². The molecule has 2 aliphatic rings. The molecule has 1 aromatic heterocycles. The lowest BCUT2D eigenvalue weighted by Crippen LogP contribution is -2.50. The average molecular weight is 453 g/mol. The Morgan fingerprint density at radius 3 is 2.38 bits per heavy atom. The first kappa shape index (κ1) is 23.0. The van der Waals surface area contributed by atoms with Gasteiger partial charge >= 0.3 is 0 Å². The third-order valence-electron chi connectivity index (χ3n) is 7.05. The molecule has 172 valence electrons. The zero-order valence-corrected chi connectivity index (χ0v) is 20.9. The van der Waals surface area contributed by atoms with E-state index in [0.29, 0.717) is 6.54 Å². The normalized spacial score (nSPS) is 18.9. The summed E-state index contributed by atoms with van der Waals surface area (Å²) in [4.78, 5) is 31.8. The number of benzene rings is 1. The summed E-state index contributed by atoms with van der Waals surface area (Å²) in [5, 5.41) is 2.13. The van der Waals surface area contributed by atoms with Crippen LogP contribution < -0.4 is 0 Å². The van der Waals surface area contributed by atoms with Crippen molar-refractivity contribution in [2.24, 2.45) is 5.92 Å². The van der Waals surface area contributed by atoms with E-state index in [1.165, 1.54) is 16.0 Å². The van der Waals surface area contributed by atoms with Crippen molar-refractivity contribution in [2.45, 2.75) is 77.8 Å². The molecule has 1 aromatic carbocycles. The molecule has 1 aliphatic heterocycles. The quantitative estimate of drug-likeness (QED) is 0.596. The number of carbonyl (C=O) groups is 2. The summed E-state index contributed by atoms with van der Waals surface area (Å²) in [6.45, 7) is 11.5. The van der Waals surface area contributed by atoms with Gasteiger partial charge in [-0.05, 0) is 66.7 Å². The molecule has 2 heterocycles. The molecule has 2 amide bonds. The zero-order valence-electron chi connectivity index (χ0n) is 20.1. The van der Waals surface area contributed by atoms with E-state index in [0.717, 1.165) is 31.2 Å². The Labute approximate surface area is 196 Å². The van der Waals surface area contributed by atoms with Crippen molar-refractivity contribution >= 4 is 23.2 Å². The van der Waals surface area contributed by atoms with Crippen LogP contribution in [0.25, 0.3) is 0 Å². The molecule has 32 heavy (non-hydrogen) atoms. The van der Waals surface area contributed by atoms with Crippen molar-refractivity contribution in [1.29, 1.82) is 0 Å². The lowest BCUT2D eigenvalue weighted by molar-refractivity contribution is -0.147. The minimum absolute atomic E-state index is 0.0260. The number of rotatable bonds is 5. The smallest absolute Gasteiger partial charge is 0.243 e. The van der Waals surface area contributed by atoms with Crippen LogP contribution >= 0.6 is 11.3 Å². The third-order valence-corrected chi connectivity index (χ3v) is 8.04. The van der Waals surface area contributed by atoms with E-state index in [2.05, 4.69) is 56.5 Å². The molecule has 0 saturated heterocycles. The second-order valence-electron chi connectivity index (χ2n) is 10.6. The second-order valence-corrected chi connectivity index (χ2v) is 11.6. The Balaban J connectivity index is 1.61. The number of thiophene rings is 1. The number of hydrogen-bond acceptors (Lipinski definition) is 3. The van der Waals surface area contributed by atoms with Crippen molar-refractivity contribution in [2.75, 3.05) is 13.1 Å². The summed E-state index contributed by atoms with van der Waals surface area (Å²) >= 11 is 1.78. The molecule has 0 spiro atoms. The van der Waals surface area contributed by atoms with E-state index < -0.39 is 0 Å². The minimum Gasteiger partial charge on any atom is -0.331 e. The van der Waals surface area contributed by atoms with Crippen LogP contribution in [0.15, 0.2) is 35.7 Å². The first-order chi connectivity index (χ1) is 15.2. The molecule has 4 nitrogen and oxygen atoms in total. The second kappa shape index (κ2) is 9.01. The van der Waals surface area contributed by atoms with Gasteiger partial charge in [0.25, 0.3) is 0 Å². The number of hydrogen-bond donors (Lipinski definition) is 0. The Morgan fingerprint density at radius 2 is 1.81 bits per heavy atom. The van der Waals surface area contributed by atoms with Crippen molar-refractivity contribution < 1.29 is 9.59 Å². The minimum atomic E-state index is -0.0839. The highest BCUT2D eigenvalue weighted by molar-refractivity contribution is 7.10. The van der Waals surface area contributed by atoms with E-state index in [1.54, 1.807) is 16.2 Å². The van der Waals surface area contributed by atoms with Crippen LogP contribution in [0, 0.1) is 5.92 Å². The number of fused-ring (bicyclic) bond motifs is 1. The molecule has 5 heteroatoms. The van der Waals surface area contributed by atoms with E-state index >= 15 is 0 Å². The molecular weight excluding hydrogens is 416 g/mol. The van der Waals surface area contributed by atoms with E-state index in [-0.39, 0.29) is 41.8 Å². The summed E-state index contributed by atoms with van der Waals surface area (Å²) in [5.74, 6) is 0.308. The fourth-order valence-corrected chi connectivity index (χ4v) is 5.65. The summed E-state index contributed by atoms with van der Waals surface area (Å²) in [7, 11) is 0. The summed E-state index contributed by atoms with van der Waals surface area (Å²) < 4.78 is 0. The van der Waals surface area contributed by atoms with Gasteiger partial charge in [0.05, 0.1) is 6.04 Å². The van der Waals surface area contributed by atoms with Crippen molar-refractivity contribution in [3.05, 3.63) is 57.3 Å². The van der Waals surface area contributed by atoms with Crippen LogP contribution in [-0.2, 0) is 21.4 Å². The van der Waals surface area contributed by atoms with Crippen molar-refractivity contribution in [3.63, 3.8) is 0 Å². The standard InChI is InChI=1S/C27H36N2O2S/c1-18(2)29(26(31)20-7-6-8-20)17-24(30)28-15-13-23-22(14-16-32-23)25(28)19-9-11-21(12-10-19)27(3,4)5/h9-12,14,16,18,20,25H,6-8,13,15,17H2,1-5H3. The van der Waals surface area contributed by atoms with E-state index in [1.807, 2.05) is 18.7 Å². The Hall–Kier alpha value is -2.14. The van der Waals surface area contributed by atoms with Crippen LogP contribution in [0.2, 0.25) is 0 Å². The summed E-state index contributed by atoms with van der Waals surface area (Å²) in [6, 6.07) is 10.9. The summed E-state index contributed by atoms with van der Waals surface area (Å²) in [6.07, 6.45) is 3.92. The van der Waals surface area contributed by atoms with Gasteiger partial charge in [0.1, 0.15) is 6.54 Å². The van der Waals surface area contributed by atoms with Crippen LogP contribution in [-0.4, -0.2) is 40.7 Å². The summed E-state index contributed by atoms with van der Waals surface area (Å²) in [5.41, 5.74) is 3.76. The van der Waals surface area contributed by atoms with Gasteiger partial charge in [0.2, 0.25) is 11.8 Å². The van der Waals surface area contributed by atoms with Gasteiger partial charge in [0, 0.05) is 23.4 Å². The first-order valence-corrected chi connectivity index (χ1v) is 12.8. The highest BCUT2D eigenvalue weighted by Gasteiger charge is 2.36. The molecule has 1 unspecified atom stereocenters. The largest absolute Gasteiger partial charge is 0.331 e. The lowest BCUT2D eigenvalue weighted by atomic mass is 9.84. The third kappa shape index (κ3) is 4.50.